The maximum atomic E-state index is 4.13. The summed E-state index contributed by atoms with van der Waals surface area (Å²) in [6.45, 7) is 1.81. The van der Waals surface area contributed by atoms with E-state index < -0.39 is 0 Å². The largest absolute Gasteiger partial charge is 1.00 e. The summed E-state index contributed by atoms with van der Waals surface area (Å²) in [6, 6.07) is 0. The van der Waals surface area contributed by atoms with Crippen LogP contribution in [0.2, 0.25) is 0 Å². The molecule has 0 spiro atoms. The van der Waals surface area contributed by atoms with Crippen molar-refractivity contribution in [3.05, 3.63) is 12.0 Å². The van der Waals surface area contributed by atoms with Crippen molar-refractivity contribution in [1.82, 2.24) is 25.0 Å². The molecular weight excluding hydrogens is 228 g/mol. The Morgan fingerprint density at radius 3 is 2.92 bits per heavy atom. The summed E-state index contributed by atoms with van der Waals surface area (Å²) >= 11 is 0. The molecule has 0 amide bonds. The molecule has 0 fully saturated rings. The van der Waals surface area contributed by atoms with E-state index in [1.807, 2.05) is 6.92 Å². The Hall–Kier alpha value is 0.285. The van der Waals surface area contributed by atoms with Gasteiger partial charge in [-0.2, -0.15) is 5.10 Å². The third-order valence-corrected chi connectivity index (χ3v) is 1.39. The normalized spacial score (nSPS) is 9.83. The Balaban J connectivity index is 0.000000720. The minimum atomic E-state index is 0. The summed E-state index contributed by atoms with van der Waals surface area (Å²) in [7, 11) is 1.79. The Bertz CT molecular complexity index is 396. The number of rotatable bonds is 0. The van der Waals surface area contributed by atoms with E-state index in [4.69, 9.17) is 0 Å². The summed E-state index contributed by atoms with van der Waals surface area (Å²) in [5.74, 6) is 0.683. The Kier molecular flexibility index (Phi) is 3.45. The average molecular weight is 234 g/mol. The molecule has 2 aromatic heterocycles. The molecule has 5 nitrogen and oxygen atoms in total. The molecule has 12 heavy (non-hydrogen) atoms. The van der Waals surface area contributed by atoms with E-state index in [0.29, 0.717) is 11.3 Å². The molecule has 0 N–H and O–H groups in total. The van der Waals surface area contributed by atoms with Gasteiger partial charge in [0.05, 0.1) is 5.65 Å². The maximum absolute atomic E-state index is 4.13. The Morgan fingerprint density at radius 1 is 1.42 bits per heavy atom. The van der Waals surface area contributed by atoms with Crippen molar-refractivity contribution in [1.29, 1.82) is 0 Å². The van der Waals surface area contributed by atoms with Gasteiger partial charge in [0.2, 0.25) is 0 Å². The fourth-order valence-electron chi connectivity index (χ4n) is 0.862. The second-order valence-corrected chi connectivity index (χ2v) is 2.27. The van der Waals surface area contributed by atoms with Crippen LogP contribution in [0.3, 0.4) is 0 Å². The predicted octanol–water partition coefficient (Wildman–Crippen LogP) is -3.13. The minimum absolute atomic E-state index is 0. The van der Waals surface area contributed by atoms with E-state index in [2.05, 4.69) is 26.5 Å². The van der Waals surface area contributed by atoms with Gasteiger partial charge in [0.25, 0.3) is 0 Å². The van der Waals surface area contributed by atoms with Gasteiger partial charge in [-0.25, -0.2) is 0 Å². The summed E-state index contributed by atoms with van der Waals surface area (Å²) in [4.78, 5) is 8.00. The van der Waals surface area contributed by atoms with Gasteiger partial charge in [-0.15, -0.1) is 0 Å². The molecule has 0 aliphatic heterocycles. The van der Waals surface area contributed by atoms with Gasteiger partial charge in [-0.3, -0.25) is 4.68 Å². The molecule has 56 valence electrons. The van der Waals surface area contributed by atoms with E-state index in [1.165, 1.54) is 0 Å². The van der Waals surface area contributed by atoms with Crippen LogP contribution in [0.5, 0.6) is 0 Å². The van der Waals surface area contributed by atoms with Crippen LogP contribution in [0.25, 0.3) is 11.2 Å². The van der Waals surface area contributed by atoms with Gasteiger partial charge >= 0.3 is 58.2 Å². The van der Waals surface area contributed by atoms with E-state index >= 15 is 0 Å². The van der Waals surface area contributed by atoms with Crippen molar-refractivity contribution < 1.29 is 58.2 Å². The van der Waals surface area contributed by atoms with Crippen molar-refractivity contribution in [3.8, 4) is 0 Å². The number of nitrogens with zero attached hydrogens (tertiary/aromatic N) is 5. The molecule has 0 aromatic carbocycles. The SMILES string of the molecule is Cc1n[c-]c2nnn(C)c2n1.[Rb+]. The minimum Gasteiger partial charge on any atom is -0.371 e. The van der Waals surface area contributed by atoms with Gasteiger partial charge < -0.3 is 9.97 Å². The summed E-state index contributed by atoms with van der Waals surface area (Å²) in [6.07, 6.45) is 2.73. The molecular formula is C6H6N5Rb. The van der Waals surface area contributed by atoms with Crippen LogP contribution < -0.4 is 58.2 Å². The van der Waals surface area contributed by atoms with E-state index in [1.54, 1.807) is 11.7 Å². The van der Waals surface area contributed by atoms with Crippen LogP contribution in [0, 0.1) is 13.1 Å². The standard InChI is InChI=1S/C6H6N5.Rb/c1-4-7-3-5-6(8-4)11(2)10-9-5;/h1-2H3;/q-1;+1. The first-order valence-corrected chi connectivity index (χ1v) is 3.19. The maximum Gasteiger partial charge on any atom is 1.00 e. The molecule has 0 aliphatic rings. The van der Waals surface area contributed by atoms with E-state index in [9.17, 15) is 0 Å². The second-order valence-electron chi connectivity index (χ2n) is 2.27. The number of fused-ring (bicyclic) bond motifs is 1. The van der Waals surface area contributed by atoms with Gasteiger partial charge in [-0.05, 0) is 6.20 Å². The molecule has 2 heterocycles. The molecule has 0 atom stereocenters. The van der Waals surface area contributed by atoms with Crippen molar-refractivity contribution in [2.24, 2.45) is 7.05 Å². The van der Waals surface area contributed by atoms with Crippen LogP contribution in [0.15, 0.2) is 0 Å². The zero-order valence-electron chi connectivity index (χ0n) is 7.24. The van der Waals surface area contributed by atoms with Crippen molar-refractivity contribution in [2.45, 2.75) is 6.92 Å². The fourth-order valence-corrected chi connectivity index (χ4v) is 0.862. The topological polar surface area (TPSA) is 56.5 Å². The molecule has 0 unspecified atom stereocenters. The molecule has 6 heteroatoms. The molecule has 0 aliphatic carbocycles. The molecule has 2 rings (SSSR count). The van der Waals surface area contributed by atoms with Crippen LogP contribution >= 0.6 is 0 Å². The number of hydrogen-bond donors (Lipinski definition) is 0. The Labute approximate surface area is 118 Å². The molecule has 0 radical (unpaired) electrons. The van der Waals surface area contributed by atoms with Crippen molar-refractivity contribution in [2.75, 3.05) is 0 Å². The van der Waals surface area contributed by atoms with Crippen LogP contribution in [0.1, 0.15) is 5.82 Å². The number of aryl methyl sites for hydroxylation is 2. The predicted molar refractivity (Wildman–Crippen MR) is 37.7 cm³/mol. The average Bonchev–Trinajstić information content (AvgIpc) is 2.33. The molecule has 0 bridgehead atoms. The first-order valence-electron chi connectivity index (χ1n) is 3.19. The number of hydrogen-bond acceptors (Lipinski definition) is 4. The van der Waals surface area contributed by atoms with Crippen LogP contribution in [0.4, 0.5) is 0 Å². The third kappa shape index (κ3) is 1.79. The smallest absolute Gasteiger partial charge is 0.371 e. The first kappa shape index (κ1) is 10.4. The number of aromatic nitrogens is 5. The second kappa shape index (κ2) is 4.00. The zero-order chi connectivity index (χ0) is 7.84. The molecule has 2 aromatic rings. The van der Waals surface area contributed by atoms with Gasteiger partial charge in [-0.1, -0.05) is 12.1 Å². The van der Waals surface area contributed by atoms with Crippen molar-refractivity contribution >= 4 is 11.2 Å². The quantitative estimate of drug-likeness (QED) is 0.452. The van der Waals surface area contributed by atoms with Gasteiger partial charge in [0, 0.05) is 18.4 Å². The van der Waals surface area contributed by atoms with Crippen LogP contribution in [-0.4, -0.2) is 25.0 Å². The van der Waals surface area contributed by atoms with E-state index in [0.717, 1.165) is 5.65 Å². The zero-order valence-corrected chi connectivity index (χ0v) is 12.2. The summed E-state index contributed by atoms with van der Waals surface area (Å²) in [5.41, 5.74) is 1.33. The fraction of sp³-hybridized carbons (Fsp3) is 0.333. The van der Waals surface area contributed by atoms with E-state index in [-0.39, 0.29) is 58.2 Å². The molecule has 0 saturated heterocycles. The third-order valence-electron chi connectivity index (χ3n) is 1.39. The van der Waals surface area contributed by atoms with Gasteiger partial charge in [0.15, 0.2) is 0 Å². The molecule has 0 saturated carbocycles. The monoisotopic (exact) mass is 233 g/mol. The van der Waals surface area contributed by atoms with Crippen LogP contribution in [-0.2, 0) is 7.05 Å². The summed E-state index contributed by atoms with van der Waals surface area (Å²) < 4.78 is 1.60. The van der Waals surface area contributed by atoms with Gasteiger partial charge in [0.1, 0.15) is 0 Å². The summed E-state index contributed by atoms with van der Waals surface area (Å²) in [5, 5.41) is 7.56. The Morgan fingerprint density at radius 2 is 2.17 bits per heavy atom. The first-order chi connectivity index (χ1) is 5.27. The van der Waals surface area contributed by atoms with Crippen molar-refractivity contribution in [3.63, 3.8) is 0 Å².